The zero-order chi connectivity index (χ0) is 11.4. The first-order chi connectivity index (χ1) is 7.00. The molecule has 1 rings (SSSR count). The van der Waals surface area contributed by atoms with E-state index in [9.17, 15) is 9.18 Å². The van der Waals surface area contributed by atoms with Crippen LogP contribution in [0, 0.1) is 5.82 Å². The van der Waals surface area contributed by atoms with Gasteiger partial charge in [-0.25, -0.2) is 4.39 Å². The highest BCUT2D eigenvalue weighted by Gasteiger charge is 2.12. The van der Waals surface area contributed by atoms with Crippen molar-refractivity contribution < 1.29 is 9.18 Å². The Balaban J connectivity index is 2.76. The molecule has 0 spiro atoms. The van der Waals surface area contributed by atoms with Crippen molar-refractivity contribution in [3.05, 3.63) is 34.6 Å². The van der Waals surface area contributed by atoms with Crippen LogP contribution < -0.4 is 5.73 Å². The highest BCUT2D eigenvalue weighted by molar-refractivity contribution is 6.30. The largest absolute Gasteiger partial charge is 0.324 e. The Morgan fingerprint density at radius 2 is 2.27 bits per heavy atom. The van der Waals surface area contributed by atoms with E-state index in [0.29, 0.717) is 23.4 Å². The van der Waals surface area contributed by atoms with E-state index < -0.39 is 6.04 Å². The highest BCUT2D eigenvalue weighted by Crippen LogP contribution is 2.22. The number of nitrogens with two attached hydrogens (primary N) is 1. The standard InChI is InChI=1S/C11H13ClFNO/c1-7(15)2-5-11(14)9-6-8(12)3-4-10(9)13/h3-4,6,11H,2,5,14H2,1H3. The lowest BCUT2D eigenvalue weighted by atomic mass is 10.0. The van der Waals surface area contributed by atoms with Crippen LogP contribution in [0.5, 0.6) is 0 Å². The summed E-state index contributed by atoms with van der Waals surface area (Å²) in [6.45, 7) is 1.49. The molecule has 0 radical (unpaired) electrons. The number of rotatable bonds is 4. The lowest BCUT2D eigenvalue weighted by Crippen LogP contribution is -2.13. The number of carbonyl (C=O) groups is 1. The molecule has 1 aromatic carbocycles. The summed E-state index contributed by atoms with van der Waals surface area (Å²) in [5.41, 5.74) is 6.13. The number of halogens is 2. The van der Waals surface area contributed by atoms with Crippen LogP contribution in [0.15, 0.2) is 18.2 Å². The van der Waals surface area contributed by atoms with Crippen LogP contribution >= 0.6 is 11.6 Å². The Kier molecular flexibility index (Phi) is 4.24. The number of Topliss-reactive ketones (excluding diaryl/α,β-unsaturated/α-hetero) is 1. The fourth-order valence-electron chi connectivity index (χ4n) is 1.31. The van der Waals surface area contributed by atoms with Crippen molar-refractivity contribution in [1.29, 1.82) is 0 Å². The first-order valence-corrected chi connectivity index (χ1v) is 5.08. The molecular formula is C11H13ClFNO. The first kappa shape index (κ1) is 12.1. The van der Waals surface area contributed by atoms with E-state index in [1.54, 1.807) is 0 Å². The number of benzene rings is 1. The summed E-state index contributed by atoms with van der Waals surface area (Å²) in [6.07, 6.45) is 0.791. The van der Waals surface area contributed by atoms with Crippen LogP contribution in [0.2, 0.25) is 5.02 Å². The molecule has 2 N–H and O–H groups in total. The van der Waals surface area contributed by atoms with Gasteiger partial charge in [-0.3, -0.25) is 0 Å². The van der Waals surface area contributed by atoms with Gasteiger partial charge in [-0.2, -0.15) is 0 Å². The van der Waals surface area contributed by atoms with Crippen LogP contribution in [0.4, 0.5) is 4.39 Å². The first-order valence-electron chi connectivity index (χ1n) is 4.70. The van der Waals surface area contributed by atoms with Crippen molar-refractivity contribution in [2.24, 2.45) is 5.73 Å². The average molecular weight is 230 g/mol. The maximum atomic E-state index is 13.3. The van der Waals surface area contributed by atoms with Gasteiger partial charge in [0.25, 0.3) is 0 Å². The van der Waals surface area contributed by atoms with E-state index in [1.165, 1.54) is 25.1 Å². The van der Waals surface area contributed by atoms with E-state index in [2.05, 4.69) is 0 Å². The number of hydrogen-bond donors (Lipinski definition) is 1. The van der Waals surface area contributed by atoms with Gasteiger partial charge in [0.15, 0.2) is 0 Å². The summed E-state index contributed by atoms with van der Waals surface area (Å²) < 4.78 is 13.3. The van der Waals surface area contributed by atoms with Crippen LogP contribution in [-0.2, 0) is 4.79 Å². The second kappa shape index (κ2) is 5.24. The van der Waals surface area contributed by atoms with Gasteiger partial charge in [0.2, 0.25) is 0 Å². The lowest BCUT2D eigenvalue weighted by Gasteiger charge is -2.12. The Hall–Kier alpha value is -0.930. The summed E-state index contributed by atoms with van der Waals surface area (Å²) in [4.78, 5) is 10.8. The normalized spacial score (nSPS) is 12.5. The van der Waals surface area contributed by atoms with Gasteiger partial charge in [-0.15, -0.1) is 0 Å². The van der Waals surface area contributed by atoms with Gasteiger partial charge in [0.05, 0.1) is 0 Å². The van der Waals surface area contributed by atoms with Crippen molar-refractivity contribution in [3.63, 3.8) is 0 Å². The average Bonchev–Trinajstić information content (AvgIpc) is 2.18. The Bertz CT molecular complexity index is 368. The zero-order valence-corrected chi connectivity index (χ0v) is 9.22. The van der Waals surface area contributed by atoms with Gasteiger partial charge in [-0.05, 0) is 31.5 Å². The molecule has 1 atom stereocenters. The number of carbonyl (C=O) groups excluding carboxylic acids is 1. The quantitative estimate of drug-likeness (QED) is 0.863. The van der Waals surface area contributed by atoms with Crippen LogP contribution in [0.25, 0.3) is 0 Å². The molecule has 1 aromatic rings. The smallest absolute Gasteiger partial charge is 0.129 e. The monoisotopic (exact) mass is 229 g/mol. The molecule has 0 saturated heterocycles. The SMILES string of the molecule is CC(=O)CCC(N)c1cc(Cl)ccc1F. The van der Waals surface area contributed by atoms with Gasteiger partial charge in [0, 0.05) is 23.0 Å². The van der Waals surface area contributed by atoms with E-state index in [0.717, 1.165) is 0 Å². The number of ketones is 1. The third kappa shape index (κ3) is 3.61. The topological polar surface area (TPSA) is 43.1 Å². The van der Waals surface area contributed by atoms with Gasteiger partial charge in [0.1, 0.15) is 11.6 Å². The Morgan fingerprint density at radius 1 is 1.60 bits per heavy atom. The fraction of sp³-hybridized carbons (Fsp3) is 0.364. The predicted octanol–water partition coefficient (Wildman–Crippen LogP) is 2.85. The minimum Gasteiger partial charge on any atom is -0.324 e. The maximum Gasteiger partial charge on any atom is 0.129 e. The third-order valence-corrected chi connectivity index (χ3v) is 2.40. The van der Waals surface area contributed by atoms with E-state index in [4.69, 9.17) is 17.3 Å². The molecule has 0 fully saturated rings. The molecule has 0 aliphatic rings. The van der Waals surface area contributed by atoms with Crippen molar-refractivity contribution in [2.75, 3.05) is 0 Å². The molecule has 0 heterocycles. The van der Waals surface area contributed by atoms with Crippen molar-refractivity contribution in [2.45, 2.75) is 25.8 Å². The Morgan fingerprint density at radius 3 is 2.87 bits per heavy atom. The summed E-state index contributed by atoms with van der Waals surface area (Å²) in [5.74, 6) is -0.330. The van der Waals surface area contributed by atoms with Crippen molar-refractivity contribution in [3.8, 4) is 0 Å². The molecular weight excluding hydrogens is 217 g/mol. The van der Waals surface area contributed by atoms with Gasteiger partial charge in [-0.1, -0.05) is 11.6 Å². The molecule has 0 aliphatic carbocycles. The lowest BCUT2D eigenvalue weighted by molar-refractivity contribution is -0.117. The summed E-state index contributed by atoms with van der Waals surface area (Å²) >= 11 is 5.73. The van der Waals surface area contributed by atoms with Crippen molar-refractivity contribution >= 4 is 17.4 Å². The molecule has 0 saturated carbocycles. The molecule has 15 heavy (non-hydrogen) atoms. The molecule has 1 unspecified atom stereocenters. The molecule has 0 aliphatic heterocycles. The van der Waals surface area contributed by atoms with E-state index in [-0.39, 0.29) is 11.6 Å². The Labute approximate surface area is 93.2 Å². The van der Waals surface area contributed by atoms with Gasteiger partial charge < -0.3 is 10.5 Å². The molecule has 2 nitrogen and oxygen atoms in total. The maximum absolute atomic E-state index is 13.3. The van der Waals surface area contributed by atoms with Crippen molar-refractivity contribution in [1.82, 2.24) is 0 Å². The molecule has 0 bridgehead atoms. The highest BCUT2D eigenvalue weighted by atomic mass is 35.5. The van der Waals surface area contributed by atoms with Crippen LogP contribution in [0.1, 0.15) is 31.4 Å². The molecule has 82 valence electrons. The van der Waals surface area contributed by atoms with Crippen LogP contribution in [-0.4, -0.2) is 5.78 Å². The molecule has 0 aromatic heterocycles. The molecule has 0 amide bonds. The number of hydrogen-bond acceptors (Lipinski definition) is 2. The summed E-state index contributed by atoms with van der Waals surface area (Å²) in [5, 5.41) is 0.449. The van der Waals surface area contributed by atoms with E-state index >= 15 is 0 Å². The minimum absolute atomic E-state index is 0.0490. The minimum atomic E-state index is -0.479. The van der Waals surface area contributed by atoms with Gasteiger partial charge >= 0.3 is 0 Å². The summed E-state index contributed by atoms with van der Waals surface area (Å²) in [6, 6.07) is 3.78. The summed E-state index contributed by atoms with van der Waals surface area (Å²) in [7, 11) is 0. The second-order valence-corrected chi connectivity index (χ2v) is 3.95. The zero-order valence-electron chi connectivity index (χ0n) is 8.47. The second-order valence-electron chi connectivity index (χ2n) is 3.51. The van der Waals surface area contributed by atoms with E-state index in [1.807, 2.05) is 0 Å². The van der Waals surface area contributed by atoms with Crippen LogP contribution in [0.3, 0.4) is 0 Å². The molecule has 4 heteroatoms. The third-order valence-electron chi connectivity index (χ3n) is 2.16. The predicted molar refractivity (Wildman–Crippen MR) is 58.3 cm³/mol. The fourth-order valence-corrected chi connectivity index (χ4v) is 1.49.